The summed E-state index contributed by atoms with van der Waals surface area (Å²) in [6.07, 6.45) is 3.26. The van der Waals surface area contributed by atoms with Crippen molar-refractivity contribution in [3.8, 4) is 22.5 Å². The molecule has 29 heavy (non-hydrogen) atoms. The number of H-pyrrole nitrogens is 1. The fourth-order valence-corrected chi connectivity index (χ4v) is 3.33. The van der Waals surface area contributed by atoms with Crippen LogP contribution >= 0.6 is 0 Å². The number of aromatic nitrogens is 4. The number of benzene rings is 2. The second kappa shape index (κ2) is 8.10. The molecule has 0 aliphatic heterocycles. The Labute approximate surface area is 166 Å². The van der Waals surface area contributed by atoms with E-state index < -0.39 is 5.76 Å². The zero-order valence-corrected chi connectivity index (χ0v) is 16.0. The van der Waals surface area contributed by atoms with Crippen LogP contribution in [0.2, 0.25) is 0 Å². The van der Waals surface area contributed by atoms with Crippen molar-refractivity contribution >= 4 is 0 Å². The van der Waals surface area contributed by atoms with Crippen LogP contribution in [0.15, 0.2) is 74.9 Å². The Morgan fingerprint density at radius 1 is 1.00 bits per heavy atom. The van der Waals surface area contributed by atoms with Crippen molar-refractivity contribution in [2.75, 3.05) is 0 Å². The smallest absolute Gasteiger partial charge is 0.296 e. The Morgan fingerprint density at radius 2 is 1.76 bits per heavy atom. The molecule has 0 radical (unpaired) electrons. The molecule has 2 aromatic heterocycles. The second-order valence-electron chi connectivity index (χ2n) is 6.72. The van der Waals surface area contributed by atoms with Gasteiger partial charge in [-0.3, -0.25) is 18.9 Å². The molecule has 146 valence electrons. The van der Waals surface area contributed by atoms with E-state index in [0.29, 0.717) is 12.4 Å². The van der Waals surface area contributed by atoms with E-state index in [4.69, 9.17) is 0 Å². The number of rotatable bonds is 6. The van der Waals surface area contributed by atoms with E-state index in [1.165, 1.54) is 6.07 Å². The van der Waals surface area contributed by atoms with E-state index in [1.54, 1.807) is 10.8 Å². The molecule has 7 heteroatoms. The predicted molar refractivity (Wildman–Crippen MR) is 110 cm³/mol. The fraction of sp³-hybridized carbons (Fsp3) is 0.182. The third-order valence-corrected chi connectivity index (χ3v) is 4.72. The maximum atomic E-state index is 12.3. The van der Waals surface area contributed by atoms with Gasteiger partial charge in [-0.15, -0.1) is 0 Å². The molecule has 1 N–H and O–H groups in total. The lowest BCUT2D eigenvalue weighted by Gasteiger charge is -2.12. The molecular weight excluding hydrogens is 368 g/mol. The van der Waals surface area contributed by atoms with Crippen molar-refractivity contribution in [2.45, 2.75) is 26.3 Å². The van der Waals surface area contributed by atoms with Gasteiger partial charge in [-0.1, -0.05) is 60.6 Å². The molecule has 0 unspecified atom stereocenters. The first-order valence-electron chi connectivity index (χ1n) is 9.45. The van der Waals surface area contributed by atoms with E-state index in [-0.39, 0.29) is 5.56 Å². The molecule has 0 aliphatic rings. The second-order valence-corrected chi connectivity index (χ2v) is 6.72. The highest BCUT2D eigenvalue weighted by Gasteiger charge is 2.11. The highest BCUT2D eigenvalue weighted by molar-refractivity contribution is 5.80. The standard InChI is InChI=1S/C22H20N4O3/c1-2-5-19-23-13-12-20(27)26(19)14-15-8-10-16(11-9-15)17-6-3-4-7-18(17)21-24-22(28)29-25-21/h3-4,6-13H,2,5,14H2,1H3,(H,24,25,28). The molecule has 0 fully saturated rings. The largest absolute Gasteiger partial charge is 0.439 e. The van der Waals surface area contributed by atoms with Crippen LogP contribution in [0.1, 0.15) is 24.7 Å². The summed E-state index contributed by atoms with van der Waals surface area (Å²) in [7, 11) is 0. The summed E-state index contributed by atoms with van der Waals surface area (Å²) in [5.74, 6) is 0.597. The minimum absolute atomic E-state index is 0.0483. The number of hydrogen-bond acceptors (Lipinski definition) is 5. The molecule has 0 atom stereocenters. The van der Waals surface area contributed by atoms with E-state index >= 15 is 0 Å². The molecule has 2 aromatic carbocycles. The number of hydrogen-bond donors (Lipinski definition) is 1. The lowest BCUT2D eigenvalue weighted by Crippen LogP contribution is -2.24. The van der Waals surface area contributed by atoms with Crippen molar-refractivity contribution in [3.63, 3.8) is 0 Å². The lowest BCUT2D eigenvalue weighted by molar-refractivity contribution is 0.388. The van der Waals surface area contributed by atoms with Crippen LogP contribution in [0.4, 0.5) is 0 Å². The molecule has 4 rings (SSSR count). The summed E-state index contributed by atoms with van der Waals surface area (Å²) in [6.45, 7) is 2.54. The summed E-state index contributed by atoms with van der Waals surface area (Å²) in [4.78, 5) is 30.6. The molecule has 0 bridgehead atoms. The highest BCUT2D eigenvalue weighted by Crippen LogP contribution is 2.29. The van der Waals surface area contributed by atoms with Gasteiger partial charge in [-0.05, 0) is 23.1 Å². The summed E-state index contributed by atoms with van der Waals surface area (Å²) in [5.41, 5.74) is 3.63. The van der Waals surface area contributed by atoms with Gasteiger partial charge in [0, 0.05) is 24.2 Å². The molecule has 2 heterocycles. The van der Waals surface area contributed by atoms with Crippen LogP contribution in [0.5, 0.6) is 0 Å². The first kappa shape index (κ1) is 18.6. The topological polar surface area (TPSA) is 93.8 Å². The molecule has 0 saturated carbocycles. The van der Waals surface area contributed by atoms with Gasteiger partial charge in [0.25, 0.3) is 5.56 Å². The van der Waals surface area contributed by atoms with E-state index in [9.17, 15) is 9.59 Å². The highest BCUT2D eigenvalue weighted by atomic mass is 16.5. The average molecular weight is 388 g/mol. The fourth-order valence-electron chi connectivity index (χ4n) is 3.33. The van der Waals surface area contributed by atoms with Gasteiger partial charge in [0.2, 0.25) is 0 Å². The predicted octanol–water partition coefficient (Wildman–Crippen LogP) is 3.25. The Balaban J connectivity index is 1.65. The van der Waals surface area contributed by atoms with Crippen molar-refractivity contribution in [1.29, 1.82) is 0 Å². The Kier molecular flexibility index (Phi) is 5.20. The van der Waals surface area contributed by atoms with E-state index in [2.05, 4.69) is 26.6 Å². The zero-order chi connectivity index (χ0) is 20.2. The molecule has 0 amide bonds. The van der Waals surface area contributed by atoms with Crippen LogP contribution in [-0.2, 0) is 13.0 Å². The maximum Gasteiger partial charge on any atom is 0.439 e. The van der Waals surface area contributed by atoms with Gasteiger partial charge in [-0.25, -0.2) is 9.78 Å². The summed E-state index contributed by atoms with van der Waals surface area (Å²) < 4.78 is 6.35. The van der Waals surface area contributed by atoms with Gasteiger partial charge >= 0.3 is 5.76 Å². The summed E-state index contributed by atoms with van der Waals surface area (Å²) in [6, 6.07) is 17.1. The monoisotopic (exact) mass is 388 g/mol. The Hall–Kier alpha value is -3.74. The van der Waals surface area contributed by atoms with Crippen LogP contribution in [0.25, 0.3) is 22.5 Å². The van der Waals surface area contributed by atoms with Crippen LogP contribution in [-0.4, -0.2) is 19.7 Å². The summed E-state index contributed by atoms with van der Waals surface area (Å²) >= 11 is 0. The van der Waals surface area contributed by atoms with Gasteiger partial charge in [0.05, 0.1) is 6.54 Å². The van der Waals surface area contributed by atoms with E-state index in [1.807, 2.05) is 48.5 Å². The van der Waals surface area contributed by atoms with Gasteiger partial charge < -0.3 is 0 Å². The minimum atomic E-state index is -0.588. The average Bonchev–Trinajstić information content (AvgIpc) is 3.17. The number of nitrogens with zero attached hydrogens (tertiary/aromatic N) is 3. The van der Waals surface area contributed by atoms with Crippen molar-refractivity contribution in [3.05, 3.63) is 93.1 Å². The minimum Gasteiger partial charge on any atom is -0.296 e. The van der Waals surface area contributed by atoms with E-state index in [0.717, 1.165) is 40.9 Å². The Morgan fingerprint density at radius 3 is 2.45 bits per heavy atom. The van der Waals surface area contributed by atoms with Crippen molar-refractivity contribution in [2.24, 2.45) is 0 Å². The lowest BCUT2D eigenvalue weighted by atomic mass is 9.98. The zero-order valence-electron chi connectivity index (χ0n) is 16.0. The SMILES string of the molecule is CCCc1nccc(=O)n1Cc1ccc(-c2ccccc2-c2noc(=O)[nH]2)cc1. The van der Waals surface area contributed by atoms with Crippen LogP contribution < -0.4 is 11.3 Å². The normalized spacial score (nSPS) is 10.9. The summed E-state index contributed by atoms with van der Waals surface area (Å²) in [5, 5.41) is 3.79. The third-order valence-electron chi connectivity index (χ3n) is 4.72. The molecule has 0 aliphatic carbocycles. The molecule has 0 spiro atoms. The molecular formula is C22H20N4O3. The van der Waals surface area contributed by atoms with Gasteiger partial charge in [0.15, 0.2) is 5.82 Å². The van der Waals surface area contributed by atoms with Crippen molar-refractivity contribution in [1.82, 2.24) is 19.7 Å². The van der Waals surface area contributed by atoms with Gasteiger partial charge in [0.1, 0.15) is 5.82 Å². The quantitative estimate of drug-likeness (QED) is 0.547. The third kappa shape index (κ3) is 3.94. The Bertz CT molecular complexity index is 1240. The maximum absolute atomic E-state index is 12.3. The van der Waals surface area contributed by atoms with Gasteiger partial charge in [-0.2, -0.15) is 0 Å². The number of nitrogens with one attached hydrogen (secondary N) is 1. The van der Waals surface area contributed by atoms with Crippen LogP contribution in [0, 0.1) is 0 Å². The molecule has 0 saturated heterocycles. The number of aryl methyl sites for hydroxylation is 1. The van der Waals surface area contributed by atoms with Crippen molar-refractivity contribution < 1.29 is 4.52 Å². The number of aromatic amines is 1. The first-order valence-corrected chi connectivity index (χ1v) is 9.45. The molecule has 7 nitrogen and oxygen atoms in total. The van der Waals surface area contributed by atoms with Crippen LogP contribution in [0.3, 0.4) is 0 Å². The molecule has 4 aromatic rings. The first-order chi connectivity index (χ1) is 14.2.